The summed E-state index contributed by atoms with van der Waals surface area (Å²) in [7, 11) is 3.60. The average Bonchev–Trinajstić information content (AvgIpc) is 3.04. The van der Waals surface area contributed by atoms with E-state index in [1.807, 2.05) is 48.5 Å². The Bertz CT molecular complexity index is 658. The minimum atomic E-state index is -0.0625. The molecule has 1 amide bonds. The van der Waals surface area contributed by atoms with Crippen LogP contribution in [-0.2, 0) is 9.53 Å². The van der Waals surface area contributed by atoms with Crippen molar-refractivity contribution < 1.29 is 14.3 Å². The van der Waals surface area contributed by atoms with E-state index >= 15 is 0 Å². The molecule has 7 heteroatoms. The molecule has 2 rings (SSSR count). The Labute approximate surface area is 152 Å². The minimum Gasteiger partial charge on any atom is -0.494 e. The van der Waals surface area contributed by atoms with Crippen LogP contribution in [0.1, 0.15) is 13.3 Å². The molecule has 25 heavy (non-hydrogen) atoms. The molecule has 0 bridgehead atoms. The van der Waals surface area contributed by atoms with Gasteiger partial charge in [0.05, 0.1) is 18.8 Å². The number of benzene rings is 1. The number of thiazole rings is 1. The predicted octanol–water partition coefficient (Wildman–Crippen LogP) is 3.12. The molecule has 0 fully saturated rings. The number of hydrogen-bond donors (Lipinski definition) is 1. The normalized spacial score (nSPS) is 10.9. The molecule has 136 valence electrons. The maximum atomic E-state index is 12.1. The van der Waals surface area contributed by atoms with Gasteiger partial charge in [-0.1, -0.05) is 0 Å². The Morgan fingerprint density at radius 3 is 2.76 bits per heavy atom. The number of anilines is 1. The zero-order chi connectivity index (χ0) is 18.1. The molecule has 0 aliphatic heterocycles. The Morgan fingerprint density at radius 1 is 1.32 bits per heavy atom. The summed E-state index contributed by atoms with van der Waals surface area (Å²) in [4.78, 5) is 18.5. The van der Waals surface area contributed by atoms with Crippen molar-refractivity contribution in [1.82, 2.24) is 9.88 Å². The summed E-state index contributed by atoms with van der Waals surface area (Å²) in [6.07, 6.45) is 0.902. The summed E-state index contributed by atoms with van der Waals surface area (Å²) in [6.45, 7) is 4.45. The van der Waals surface area contributed by atoms with Gasteiger partial charge >= 0.3 is 0 Å². The number of carbonyl (C=O) groups excluding carboxylic acids is 1. The third kappa shape index (κ3) is 6.45. The quantitative estimate of drug-likeness (QED) is 0.657. The van der Waals surface area contributed by atoms with Crippen LogP contribution in [0.4, 0.5) is 5.13 Å². The largest absolute Gasteiger partial charge is 0.494 e. The lowest BCUT2D eigenvalue weighted by molar-refractivity contribution is -0.117. The van der Waals surface area contributed by atoms with Crippen LogP contribution in [0.5, 0.6) is 5.75 Å². The van der Waals surface area contributed by atoms with E-state index < -0.39 is 0 Å². The lowest BCUT2D eigenvalue weighted by atomic mass is 10.2. The summed E-state index contributed by atoms with van der Waals surface area (Å²) in [5.74, 6) is 0.777. The van der Waals surface area contributed by atoms with Crippen molar-refractivity contribution in [1.29, 1.82) is 0 Å². The molecule has 0 aliphatic rings. The highest BCUT2D eigenvalue weighted by atomic mass is 32.1. The average molecular weight is 363 g/mol. The van der Waals surface area contributed by atoms with Gasteiger partial charge in [-0.15, -0.1) is 11.3 Å². The first-order chi connectivity index (χ1) is 12.1. The number of nitrogens with zero attached hydrogens (tertiary/aromatic N) is 2. The van der Waals surface area contributed by atoms with E-state index in [2.05, 4.69) is 10.3 Å². The van der Waals surface area contributed by atoms with Crippen LogP contribution in [0.15, 0.2) is 29.6 Å². The number of nitrogens with one attached hydrogen (secondary N) is 1. The van der Waals surface area contributed by atoms with Crippen LogP contribution in [0.2, 0.25) is 0 Å². The van der Waals surface area contributed by atoms with Crippen molar-refractivity contribution in [3.63, 3.8) is 0 Å². The summed E-state index contributed by atoms with van der Waals surface area (Å²) >= 11 is 1.42. The van der Waals surface area contributed by atoms with Gasteiger partial charge in [-0.3, -0.25) is 9.69 Å². The number of hydrogen-bond acceptors (Lipinski definition) is 6. The van der Waals surface area contributed by atoms with Crippen LogP contribution in [-0.4, -0.2) is 56.3 Å². The van der Waals surface area contributed by atoms with E-state index in [-0.39, 0.29) is 5.91 Å². The third-order valence-corrected chi connectivity index (χ3v) is 4.27. The molecule has 0 spiro atoms. The van der Waals surface area contributed by atoms with Crippen LogP contribution in [0.3, 0.4) is 0 Å². The highest BCUT2D eigenvalue weighted by Crippen LogP contribution is 2.26. The summed E-state index contributed by atoms with van der Waals surface area (Å²) in [5, 5.41) is 5.40. The Hall–Kier alpha value is -1.96. The molecular formula is C18H25N3O3S. The lowest BCUT2D eigenvalue weighted by Crippen LogP contribution is -2.31. The molecule has 1 aromatic carbocycles. The summed E-state index contributed by atoms with van der Waals surface area (Å²) < 4.78 is 10.5. The van der Waals surface area contributed by atoms with Crippen molar-refractivity contribution in [2.24, 2.45) is 0 Å². The Balaban J connectivity index is 1.87. The SMILES string of the molecule is CCOc1ccc(-c2csc(NC(=O)CN(C)CCCOC)n2)cc1. The maximum absolute atomic E-state index is 12.1. The van der Waals surface area contributed by atoms with Crippen LogP contribution < -0.4 is 10.1 Å². The fraction of sp³-hybridized carbons (Fsp3) is 0.444. The van der Waals surface area contributed by atoms with E-state index in [1.54, 1.807) is 7.11 Å². The van der Waals surface area contributed by atoms with E-state index in [0.29, 0.717) is 24.9 Å². The molecule has 1 aromatic heterocycles. The predicted molar refractivity (Wildman–Crippen MR) is 101 cm³/mol. The second kappa shape index (κ2) is 10.1. The van der Waals surface area contributed by atoms with Crippen molar-refractivity contribution >= 4 is 22.4 Å². The van der Waals surface area contributed by atoms with Crippen molar-refractivity contribution in [2.45, 2.75) is 13.3 Å². The molecule has 0 aliphatic carbocycles. The highest BCUT2D eigenvalue weighted by molar-refractivity contribution is 7.14. The number of rotatable bonds is 10. The molecule has 0 saturated carbocycles. The smallest absolute Gasteiger partial charge is 0.240 e. The number of aromatic nitrogens is 1. The summed E-state index contributed by atoms with van der Waals surface area (Å²) in [5.41, 5.74) is 1.84. The number of likely N-dealkylation sites (N-methyl/N-ethyl adjacent to an activating group) is 1. The zero-order valence-electron chi connectivity index (χ0n) is 14.9. The molecule has 2 aromatic rings. The van der Waals surface area contributed by atoms with E-state index in [1.165, 1.54) is 11.3 Å². The van der Waals surface area contributed by atoms with Gasteiger partial charge in [0.25, 0.3) is 0 Å². The first kappa shape index (κ1) is 19.4. The van der Waals surface area contributed by atoms with Crippen molar-refractivity contribution in [3.8, 4) is 17.0 Å². The van der Waals surface area contributed by atoms with Gasteiger partial charge in [0.15, 0.2) is 5.13 Å². The second-order valence-corrected chi connectivity index (χ2v) is 6.49. The van der Waals surface area contributed by atoms with Crippen LogP contribution in [0.25, 0.3) is 11.3 Å². The van der Waals surface area contributed by atoms with Gasteiger partial charge < -0.3 is 14.8 Å². The topological polar surface area (TPSA) is 63.7 Å². The zero-order valence-corrected chi connectivity index (χ0v) is 15.8. The van der Waals surface area contributed by atoms with Gasteiger partial charge in [-0.05, 0) is 44.7 Å². The van der Waals surface area contributed by atoms with Crippen molar-refractivity contribution in [3.05, 3.63) is 29.6 Å². The molecule has 0 unspecified atom stereocenters. The Morgan fingerprint density at radius 2 is 2.08 bits per heavy atom. The molecule has 1 N–H and O–H groups in total. The van der Waals surface area contributed by atoms with Crippen LogP contribution in [0, 0.1) is 0 Å². The maximum Gasteiger partial charge on any atom is 0.240 e. The monoisotopic (exact) mass is 363 g/mol. The molecule has 6 nitrogen and oxygen atoms in total. The first-order valence-electron chi connectivity index (χ1n) is 8.28. The van der Waals surface area contributed by atoms with Crippen molar-refractivity contribution in [2.75, 3.05) is 45.8 Å². The first-order valence-corrected chi connectivity index (χ1v) is 9.16. The molecule has 1 heterocycles. The fourth-order valence-corrected chi connectivity index (χ4v) is 3.05. The van der Waals surface area contributed by atoms with E-state index in [4.69, 9.17) is 9.47 Å². The standard InChI is InChI=1S/C18H25N3O3S/c1-4-24-15-8-6-14(7-9-15)16-13-25-18(19-16)20-17(22)12-21(2)10-5-11-23-3/h6-9,13H,4-5,10-12H2,1-3H3,(H,19,20,22). The lowest BCUT2D eigenvalue weighted by Gasteiger charge is -2.15. The number of ether oxygens (including phenoxy) is 2. The number of carbonyl (C=O) groups is 1. The number of methoxy groups -OCH3 is 1. The van der Waals surface area contributed by atoms with Crippen LogP contribution >= 0.6 is 11.3 Å². The van der Waals surface area contributed by atoms with E-state index in [9.17, 15) is 4.79 Å². The summed E-state index contributed by atoms with van der Waals surface area (Å²) in [6, 6.07) is 7.78. The minimum absolute atomic E-state index is 0.0625. The molecule has 0 atom stereocenters. The fourth-order valence-electron chi connectivity index (χ4n) is 2.31. The molecule has 0 saturated heterocycles. The Kier molecular flexibility index (Phi) is 7.84. The van der Waals surface area contributed by atoms with Gasteiger partial charge in [0.2, 0.25) is 5.91 Å². The second-order valence-electron chi connectivity index (χ2n) is 5.63. The van der Waals surface area contributed by atoms with Gasteiger partial charge in [0, 0.05) is 31.2 Å². The van der Waals surface area contributed by atoms with E-state index in [0.717, 1.165) is 30.0 Å². The van der Waals surface area contributed by atoms with Gasteiger partial charge in [-0.25, -0.2) is 4.98 Å². The number of amides is 1. The molecule has 0 radical (unpaired) electrons. The third-order valence-electron chi connectivity index (χ3n) is 3.51. The highest BCUT2D eigenvalue weighted by Gasteiger charge is 2.10. The van der Waals surface area contributed by atoms with Gasteiger partial charge in [0.1, 0.15) is 5.75 Å². The molecular weight excluding hydrogens is 338 g/mol. The van der Waals surface area contributed by atoms with Gasteiger partial charge in [-0.2, -0.15) is 0 Å².